The van der Waals surface area contributed by atoms with E-state index in [2.05, 4.69) is 13.8 Å². The van der Waals surface area contributed by atoms with Gasteiger partial charge in [-0.05, 0) is 11.5 Å². The van der Waals surface area contributed by atoms with Crippen molar-refractivity contribution >= 4 is 17.1 Å². The summed E-state index contributed by atoms with van der Waals surface area (Å²) in [7, 11) is 1.60. The Morgan fingerprint density at radius 1 is 1.22 bits per heavy atom. The van der Waals surface area contributed by atoms with Gasteiger partial charge in [-0.3, -0.25) is 4.79 Å². The smallest absolute Gasteiger partial charge is 0.203 e. The Bertz CT molecular complexity index is 538. The Morgan fingerprint density at radius 2 is 1.89 bits per heavy atom. The first-order chi connectivity index (χ1) is 8.61. The van der Waals surface area contributed by atoms with Crippen LogP contribution in [0.15, 0.2) is 35.7 Å². The van der Waals surface area contributed by atoms with Crippen LogP contribution in [-0.4, -0.2) is 12.9 Å². The molecule has 0 amide bonds. The fourth-order valence-corrected chi connectivity index (χ4v) is 2.52. The van der Waals surface area contributed by atoms with Crippen LogP contribution in [0.4, 0.5) is 0 Å². The molecule has 0 unspecified atom stereocenters. The molecule has 2 aromatic rings. The molecule has 18 heavy (non-hydrogen) atoms. The molecule has 1 aromatic carbocycles. The first-order valence-corrected chi connectivity index (χ1v) is 6.77. The van der Waals surface area contributed by atoms with Gasteiger partial charge in [0.05, 0.1) is 12.0 Å². The van der Waals surface area contributed by atoms with Gasteiger partial charge < -0.3 is 4.74 Å². The van der Waals surface area contributed by atoms with Gasteiger partial charge in [-0.25, -0.2) is 0 Å². The summed E-state index contributed by atoms with van der Waals surface area (Å²) >= 11 is 1.41. The molecule has 0 saturated heterocycles. The zero-order valence-corrected chi connectivity index (χ0v) is 11.6. The number of benzene rings is 1. The molecule has 94 valence electrons. The number of hydrogen-bond donors (Lipinski definition) is 0. The Hall–Kier alpha value is -1.61. The summed E-state index contributed by atoms with van der Waals surface area (Å²) in [6.45, 7) is 4.28. The number of carbonyl (C=O) groups is 1. The molecule has 0 spiro atoms. The van der Waals surface area contributed by atoms with Crippen LogP contribution in [0.1, 0.15) is 40.6 Å². The zero-order valence-electron chi connectivity index (χ0n) is 10.8. The van der Waals surface area contributed by atoms with Crippen molar-refractivity contribution in [2.45, 2.75) is 19.8 Å². The summed E-state index contributed by atoms with van der Waals surface area (Å²) in [6, 6.07) is 9.60. The van der Waals surface area contributed by atoms with Crippen molar-refractivity contribution in [1.82, 2.24) is 0 Å². The maximum absolute atomic E-state index is 12.2. The highest BCUT2D eigenvalue weighted by molar-refractivity contribution is 7.12. The summed E-state index contributed by atoms with van der Waals surface area (Å²) in [6.07, 6.45) is 0. The van der Waals surface area contributed by atoms with Crippen LogP contribution in [-0.2, 0) is 0 Å². The summed E-state index contributed by atoms with van der Waals surface area (Å²) in [5, 5.41) is 1.84. The van der Waals surface area contributed by atoms with Crippen LogP contribution >= 0.6 is 11.3 Å². The summed E-state index contributed by atoms with van der Waals surface area (Å²) in [5.74, 6) is 1.27. The quantitative estimate of drug-likeness (QED) is 0.773. The molecular weight excluding hydrogens is 244 g/mol. The van der Waals surface area contributed by atoms with Gasteiger partial charge in [0, 0.05) is 17.0 Å². The van der Waals surface area contributed by atoms with Crippen LogP contribution in [0.25, 0.3) is 0 Å². The largest absolute Gasteiger partial charge is 0.496 e. The van der Waals surface area contributed by atoms with Gasteiger partial charge >= 0.3 is 0 Å². The molecule has 2 nitrogen and oxygen atoms in total. The van der Waals surface area contributed by atoms with Crippen molar-refractivity contribution in [2.75, 3.05) is 7.11 Å². The standard InChI is InChI=1S/C15H16O2S/c1-10(2)11-4-6-12(7-5-11)15(16)14-8-13(17-3)9-18-14/h4-10H,1-3H3. The van der Waals surface area contributed by atoms with E-state index >= 15 is 0 Å². The third-order valence-corrected chi connectivity index (χ3v) is 3.78. The predicted octanol–water partition coefficient (Wildman–Crippen LogP) is 4.11. The topological polar surface area (TPSA) is 26.3 Å². The Kier molecular flexibility index (Phi) is 3.82. The van der Waals surface area contributed by atoms with Gasteiger partial charge in [-0.2, -0.15) is 0 Å². The first kappa shape index (κ1) is 12.8. The van der Waals surface area contributed by atoms with Crippen molar-refractivity contribution in [3.05, 3.63) is 51.7 Å². The Balaban J connectivity index is 2.23. The molecule has 3 heteroatoms. The maximum atomic E-state index is 12.2. The molecule has 0 aliphatic heterocycles. The number of methoxy groups -OCH3 is 1. The molecule has 0 radical (unpaired) electrons. The van der Waals surface area contributed by atoms with E-state index in [1.165, 1.54) is 16.9 Å². The van der Waals surface area contributed by atoms with E-state index in [-0.39, 0.29) is 5.78 Å². The lowest BCUT2D eigenvalue weighted by Crippen LogP contribution is -1.99. The van der Waals surface area contributed by atoms with E-state index in [4.69, 9.17) is 4.74 Å². The molecule has 0 aliphatic carbocycles. The number of ketones is 1. The average molecular weight is 260 g/mol. The molecule has 0 N–H and O–H groups in total. The molecule has 0 atom stereocenters. The number of carbonyl (C=O) groups excluding carboxylic acids is 1. The van der Waals surface area contributed by atoms with E-state index in [0.29, 0.717) is 10.8 Å². The van der Waals surface area contributed by atoms with Crippen LogP contribution < -0.4 is 4.74 Å². The minimum Gasteiger partial charge on any atom is -0.496 e. The maximum Gasteiger partial charge on any atom is 0.203 e. The van der Waals surface area contributed by atoms with Crippen LogP contribution in [0.2, 0.25) is 0 Å². The van der Waals surface area contributed by atoms with Crippen molar-refractivity contribution in [3.63, 3.8) is 0 Å². The molecule has 0 saturated carbocycles. The summed E-state index contributed by atoms with van der Waals surface area (Å²) < 4.78 is 5.09. The number of ether oxygens (including phenoxy) is 1. The fourth-order valence-electron chi connectivity index (χ4n) is 1.71. The summed E-state index contributed by atoms with van der Waals surface area (Å²) in [4.78, 5) is 12.9. The van der Waals surface area contributed by atoms with E-state index < -0.39 is 0 Å². The van der Waals surface area contributed by atoms with Gasteiger partial charge in [0.25, 0.3) is 0 Å². The highest BCUT2D eigenvalue weighted by Gasteiger charge is 2.12. The second kappa shape index (κ2) is 5.36. The van der Waals surface area contributed by atoms with Gasteiger partial charge in [-0.15, -0.1) is 11.3 Å². The predicted molar refractivity (Wildman–Crippen MR) is 74.8 cm³/mol. The molecule has 1 aromatic heterocycles. The lowest BCUT2D eigenvalue weighted by molar-refractivity contribution is 0.104. The lowest BCUT2D eigenvalue weighted by atomic mass is 10.0. The highest BCUT2D eigenvalue weighted by Crippen LogP contribution is 2.24. The lowest BCUT2D eigenvalue weighted by Gasteiger charge is -2.05. The van der Waals surface area contributed by atoms with Crippen molar-refractivity contribution < 1.29 is 9.53 Å². The normalized spacial score (nSPS) is 10.7. The van der Waals surface area contributed by atoms with Gasteiger partial charge in [0.15, 0.2) is 0 Å². The third-order valence-electron chi connectivity index (χ3n) is 2.87. The summed E-state index contributed by atoms with van der Waals surface area (Å²) in [5.41, 5.74) is 1.97. The number of thiophene rings is 1. The molecule has 2 rings (SSSR count). The molecule has 1 heterocycles. The number of rotatable bonds is 4. The van der Waals surface area contributed by atoms with E-state index in [1.807, 2.05) is 29.6 Å². The second-order valence-electron chi connectivity index (χ2n) is 4.46. The molecular formula is C15H16O2S. The Morgan fingerprint density at radius 3 is 2.39 bits per heavy atom. The van der Waals surface area contributed by atoms with Crippen molar-refractivity contribution in [2.24, 2.45) is 0 Å². The van der Waals surface area contributed by atoms with E-state index in [0.717, 1.165) is 11.3 Å². The van der Waals surface area contributed by atoms with Gasteiger partial charge in [0.1, 0.15) is 5.75 Å². The van der Waals surface area contributed by atoms with Gasteiger partial charge in [-0.1, -0.05) is 38.1 Å². The molecule has 0 bridgehead atoms. The zero-order chi connectivity index (χ0) is 13.1. The van der Waals surface area contributed by atoms with E-state index in [9.17, 15) is 4.79 Å². The minimum absolute atomic E-state index is 0.0543. The van der Waals surface area contributed by atoms with E-state index in [1.54, 1.807) is 13.2 Å². The molecule has 0 fully saturated rings. The Labute approximate surface area is 111 Å². The molecule has 0 aliphatic rings. The van der Waals surface area contributed by atoms with Crippen LogP contribution in [0.5, 0.6) is 5.75 Å². The number of hydrogen-bond acceptors (Lipinski definition) is 3. The van der Waals surface area contributed by atoms with Crippen LogP contribution in [0, 0.1) is 0 Å². The third kappa shape index (κ3) is 2.62. The van der Waals surface area contributed by atoms with Crippen LogP contribution in [0.3, 0.4) is 0 Å². The van der Waals surface area contributed by atoms with Crippen molar-refractivity contribution in [3.8, 4) is 5.75 Å². The van der Waals surface area contributed by atoms with Gasteiger partial charge in [0.2, 0.25) is 5.78 Å². The minimum atomic E-state index is 0.0543. The highest BCUT2D eigenvalue weighted by atomic mass is 32.1. The second-order valence-corrected chi connectivity index (χ2v) is 5.37. The SMILES string of the molecule is COc1csc(C(=O)c2ccc(C(C)C)cc2)c1. The fraction of sp³-hybridized carbons (Fsp3) is 0.267. The van der Waals surface area contributed by atoms with Crippen molar-refractivity contribution in [1.29, 1.82) is 0 Å². The average Bonchev–Trinajstić information content (AvgIpc) is 2.86. The monoisotopic (exact) mass is 260 g/mol. The first-order valence-electron chi connectivity index (χ1n) is 5.89.